The topological polar surface area (TPSA) is 262 Å². The molecule has 294 valence electrons. The van der Waals surface area contributed by atoms with Gasteiger partial charge < -0.3 is 39.7 Å². The molecule has 0 bridgehead atoms. The van der Waals surface area contributed by atoms with Crippen LogP contribution in [0.3, 0.4) is 0 Å². The van der Waals surface area contributed by atoms with Crippen molar-refractivity contribution in [1.29, 1.82) is 0 Å². The summed E-state index contributed by atoms with van der Waals surface area (Å²) >= 11 is 6.31. The molecule has 2 unspecified atom stereocenters. The van der Waals surface area contributed by atoms with E-state index >= 15 is 0 Å². The third-order valence-electron chi connectivity index (χ3n) is 8.11. The Morgan fingerprint density at radius 2 is 1.51 bits per heavy atom. The van der Waals surface area contributed by atoms with Crippen LogP contribution in [0, 0.1) is 11.8 Å². The molecule has 6 N–H and O–H groups in total. The van der Waals surface area contributed by atoms with Gasteiger partial charge in [0, 0.05) is 12.3 Å². The van der Waals surface area contributed by atoms with E-state index < -0.39 is 98.3 Å². The van der Waals surface area contributed by atoms with Gasteiger partial charge in [0.05, 0.1) is 19.4 Å². The largest absolute Gasteiger partial charge is 0.592 e. The lowest BCUT2D eigenvalue weighted by atomic mass is 9.98. The number of carboxylic acid groups (broad SMARTS) is 2. The highest BCUT2D eigenvalue weighted by Crippen LogP contribution is 2.51. The van der Waals surface area contributed by atoms with Crippen molar-refractivity contribution in [2.45, 2.75) is 88.8 Å². The normalized spacial score (nSPS) is 21.3. The highest BCUT2D eigenvalue weighted by Gasteiger charge is 2.47. The molecule has 3 rings (SSSR count). The SMILES string of the molecule is CC(C)CCN[C@@H](CC(=O)O)C(=O)OP(=O)(OC[C@H]1O[C@@H](n2ccc(=O)[nH]c2=O)[C@H](Cl)[C@@H]1O)OC(=O)[C@H](CC(=O)O)NCCC(C)Cc1ccccc1. The summed E-state index contributed by atoms with van der Waals surface area (Å²) in [7, 11) is -5.40. The fourth-order valence-electron chi connectivity index (χ4n) is 5.27. The zero-order chi connectivity index (χ0) is 39.3. The fraction of sp³-hybridized carbons (Fsp3) is 0.576. The minimum absolute atomic E-state index is 0.107. The summed E-state index contributed by atoms with van der Waals surface area (Å²) in [5.74, 6) is -5.41. The third kappa shape index (κ3) is 14.1. The number of phosphoric acid groups is 1. The first-order chi connectivity index (χ1) is 25.0. The number of aliphatic hydroxyl groups excluding tert-OH is 1. The summed E-state index contributed by atoms with van der Waals surface area (Å²) in [6, 6.07) is 7.45. The lowest BCUT2D eigenvalue weighted by Gasteiger charge is -2.24. The Bertz CT molecular complexity index is 1710. The number of phosphoric ester groups is 1. The first-order valence-electron chi connectivity index (χ1n) is 16.9. The number of hydrogen-bond donors (Lipinski definition) is 6. The van der Waals surface area contributed by atoms with Crippen LogP contribution in [0.25, 0.3) is 0 Å². The molecule has 0 aliphatic carbocycles. The van der Waals surface area contributed by atoms with Gasteiger partial charge in [0.2, 0.25) is 0 Å². The Balaban J connectivity index is 1.81. The fourth-order valence-corrected chi connectivity index (χ4v) is 6.78. The minimum Gasteiger partial charge on any atom is -0.481 e. The Morgan fingerprint density at radius 1 is 0.943 bits per heavy atom. The monoisotopic (exact) mass is 788 g/mol. The smallest absolute Gasteiger partial charge is 0.481 e. The van der Waals surface area contributed by atoms with Crippen LogP contribution >= 0.6 is 19.4 Å². The van der Waals surface area contributed by atoms with Gasteiger partial charge in [0.25, 0.3) is 5.56 Å². The van der Waals surface area contributed by atoms with Crippen molar-refractivity contribution in [3.05, 3.63) is 69.0 Å². The predicted molar refractivity (Wildman–Crippen MR) is 188 cm³/mol. The van der Waals surface area contributed by atoms with E-state index in [0.29, 0.717) is 19.3 Å². The molecular formula is C33H46ClN4O14P. The molecule has 0 saturated carbocycles. The summed E-state index contributed by atoms with van der Waals surface area (Å²) < 4.78 is 36.0. The summed E-state index contributed by atoms with van der Waals surface area (Å²) in [6.07, 6.45) is -3.32. The van der Waals surface area contributed by atoms with E-state index in [1.807, 2.05) is 56.1 Å². The molecule has 20 heteroatoms. The highest BCUT2D eigenvalue weighted by atomic mass is 35.5. The predicted octanol–water partition coefficient (Wildman–Crippen LogP) is 1.79. The van der Waals surface area contributed by atoms with Crippen molar-refractivity contribution >= 4 is 43.3 Å². The molecule has 2 heterocycles. The number of aromatic nitrogens is 2. The number of H-pyrrole nitrogens is 1. The van der Waals surface area contributed by atoms with Gasteiger partial charge in [-0.15, -0.1) is 11.6 Å². The number of aliphatic carboxylic acids is 2. The van der Waals surface area contributed by atoms with Crippen molar-refractivity contribution < 1.29 is 57.4 Å². The van der Waals surface area contributed by atoms with Crippen LogP contribution < -0.4 is 21.9 Å². The molecule has 1 fully saturated rings. The molecule has 0 spiro atoms. The van der Waals surface area contributed by atoms with Crippen molar-refractivity contribution in [2.75, 3.05) is 19.7 Å². The molecule has 1 aliphatic rings. The Kier molecular flexibility index (Phi) is 16.8. The van der Waals surface area contributed by atoms with E-state index in [4.69, 9.17) is 29.9 Å². The molecule has 1 aromatic carbocycles. The molecule has 53 heavy (non-hydrogen) atoms. The average molecular weight is 789 g/mol. The van der Waals surface area contributed by atoms with Crippen molar-refractivity contribution in [1.82, 2.24) is 20.2 Å². The number of halogens is 1. The summed E-state index contributed by atoms with van der Waals surface area (Å²) in [6.45, 7) is 5.12. The van der Waals surface area contributed by atoms with Gasteiger partial charge in [-0.05, 0) is 49.8 Å². The summed E-state index contributed by atoms with van der Waals surface area (Å²) in [5, 5.41) is 33.8. The number of ether oxygens (including phenoxy) is 1. The number of benzene rings is 1. The Labute approximate surface area is 309 Å². The number of nitrogens with one attached hydrogen (secondary N) is 3. The quantitative estimate of drug-likeness (QED) is 0.0734. The molecule has 8 atom stereocenters. The van der Waals surface area contributed by atoms with E-state index in [0.717, 1.165) is 22.4 Å². The maximum atomic E-state index is 14.0. The average Bonchev–Trinajstić information content (AvgIpc) is 3.35. The molecule has 1 aliphatic heterocycles. The number of rotatable bonds is 22. The summed E-state index contributed by atoms with van der Waals surface area (Å²) in [4.78, 5) is 75.7. The van der Waals surface area contributed by atoms with Crippen LogP contribution in [0.15, 0.2) is 52.2 Å². The molecular weight excluding hydrogens is 743 g/mol. The Hall–Kier alpha value is -3.90. The number of alkyl halides is 1. The number of hydrogen-bond acceptors (Lipinski definition) is 14. The van der Waals surface area contributed by atoms with Gasteiger partial charge >= 0.3 is 37.4 Å². The standard InChI is InChI=1S/C33H46ClN4O14P/c1-19(2)9-12-35-22(16-26(40)41)31(45)51-53(48,49-18-24-29(44)28(34)30(50-24)38-14-11-25(39)37-33(38)47)52-32(46)23(17-27(42)43)36-13-10-20(3)15-21-7-5-4-6-8-21/h4-8,11,14,19-20,22-24,28-30,35-36,44H,9-10,12-13,15-18H2,1-3H3,(H,40,41)(H,42,43)(H,37,39,47)/t20?,22-,23-,24+,28+,29+,30+,53?/m0/s1. The van der Waals surface area contributed by atoms with Crippen LogP contribution in [0.1, 0.15) is 58.2 Å². The third-order valence-corrected chi connectivity index (χ3v) is 9.86. The van der Waals surface area contributed by atoms with E-state index in [-0.39, 0.29) is 24.9 Å². The second-order valence-corrected chi connectivity index (χ2v) is 15.1. The van der Waals surface area contributed by atoms with E-state index in [2.05, 4.69) is 10.6 Å². The first-order valence-corrected chi connectivity index (χ1v) is 18.8. The number of carboxylic acids is 2. The van der Waals surface area contributed by atoms with Crippen LogP contribution in [0.5, 0.6) is 0 Å². The van der Waals surface area contributed by atoms with E-state index in [1.54, 1.807) is 0 Å². The van der Waals surface area contributed by atoms with E-state index in [9.17, 15) is 48.7 Å². The minimum atomic E-state index is -5.40. The lowest BCUT2D eigenvalue weighted by Crippen LogP contribution is -2.42. The van der Waals surface area contributed by atoms with Crippen molar-refractivity contribution in [2.24, 2.45) is 11.8 Å². The molecule has 1 aromatic heterocycles. The van der Waals surface area contributed by atoms with Gasteiger partial charge in [-0.2, -0.15) is 0 Å². The van der Waals surface area contributed by atoms with E-state index in [1.165, 1.54) is 0 Å². The number of carbonyl (C=O) groups is 4. The second kappa shape index (κ2) is 20.5. The maximum Gasteiger partial charge on any atom is 0.592 e. The zero-order valence-corrected chi connectivity index (χ0v) is 31.1. The lowest BCUT2D eigenvalue weighted by molar-refractivity contribution is -0.149. The summed E-state index contributed by atoms with van der Waals surface area (Å²) in [5.41, 5.74) is -0.552. The second-order valence-electron chi connectivity index (χ2n) is 13.1. The number of carbonyl (C=O) groups excluding carboxylic acids is 2. The van der Waals surface area contributed by atoms with Crippen LogP contribution in [0.4, 0.5) is 0 Å². The molecule has 1 saturated heterocycles. The van der Waals surface area contributed by atoms with Crippen LogP contribution in [0.2, 0.25) is 0 Å². The van der Waals surface area contributed by atoms with Crippen LogP contribution in [-0.4, -0.2) is 98.1 Å². The molecule has 2 aromatic rings. The van der Waals surface area contributed by atoms with Crippen molar-refractivity contribution in [3.63, 3.8) is 0 Å². The van der Waals surface area contributed by atoms with Crippen LogP contribution in [-0.2, 0) is 48.5 Å². The number of aromatic amines is 1. The zero-order valence-electron chi connectivity index (χ0n) is 29.4. The van der Waals surface area contributed by atoms with Gasteiger partial charge in [-0.3, -0.25) is 28.5 Å². The number of nitrogens with zero attached hydrogens (tertiary/aromatic N) is 1. The van der Waals surface area contributed by atoms with Gasteiger partial charge in [0.15, 0.2) is 6.23 Å². The number of aliphatic hydroxyl groups is 1. The maximum absolute atomic E-state index is 14.0. The van der Waals surface area contributed by atoms with Gasteiger partial charge in [-0.25, -0.2) is 18.9 Å². The Morgan fingerprint density at radius 3 is 2.04 bits per heavy atom. The van der Waals surface area contributed by atoms with Crippen molar-refractivity contribution in [3.8, 4) is 0 Å². The van der Waals surface area contributed by atoms with Gasteiger partial charge in [-0.1, -0.05) is 51.1 Å². The highest BCUT2D eigenvalue weighted by molar-refractivity contribution is 7.49. The molecule has 0 radical (unpaired) electrons. The van der Waals surface area contributed by atoms with Gasteiger partial charge in [0.1, 0.15) is 29.7 Å². The first kappa shape index (κ1) is 43.5. The molecule has 18 nitrogen and oxygen atoms in total. The molecule has 0 amide bonds.